The summed E-state index contributed by atoms with van der Waals surface area (Å²) in [5.41, 5.74) is 4.98. The molecule has 1 saturated heterocycles. The summed E-state index contributed by atoms with van der Waals surface area (Å²) in [4.78, 5) is 28.1. The number of phenolic OH excluding ortho intramolecular Hbond substituents is 1. The van der Waals surface area contributed by atoms with Crippen LogP contribution in [0.3, 0.4) is 0 Å². The van der Waals surface area contributed by atoms with E-state index in [-0.39, 0.29) is 29.4 Å². The Bertz CT molecular complexity index is 1320. The molecule has 35 heavy (non-hydrogen) atoms. The van der Waals surface area contributed by atoms with Crippen molar-refractivity contribution in [3.8, 4) is 11.5 Å². The van der Waals surface area contributed by atoms with Crippen molar-refractivity contribution < 1.29 is 24.5 Å². The fraction of sp³-hybridized carbons (Fsp3) is 0.241. The van der Waals surface area contributed by atoms with Crippen molar-refractivity contribution >= 4 is 17.4 Å². The maximum atomic E-state index is 13.3. The largest absolute Gasteiger partial charge is 0.507 e. The number of carbonyl (C=O) groups excluding carboxylic acids is 2. The van der Waals surface area contributed by atoms with Gasteiger partial charge in [-0.2, -0.15) is 0 Å². The Morgan fingerprint density at radius 1 is 0.943 bits per heavy atom. The predicted octanol–water partition coefficient (Wildman–Crippen LogP) is 5.34. The van der Waals surface area contributed by atoms with E-state index in [9.17, 15) is 19.8 Å². The first-order chi connectivity index (χ1) is 16.7. The van der Waals surface area contributed by atoms with Crippen LogP contribution in [0, 0.1) is 20.8 Å². The third kappa shape index (κ3) is 4.64. The number of carbonyl (C=O) groups is 2. The van der Waals surface area contributed by atoms with Gasteiger partial charge in [0.2, 0.25) is 0 Å². The molecular weight excluding hydrogens is 442 g/mol. The van der Waals surface area contributed by atoms with E-state index in [1.807, 2.05) is 51.1 Å². The molecule has 2 N–H and O–H groups in total. The summed E-state index contributed by atoms with van der Waals surface area (Å²) in [6.45, 7) is 8.19. The third-order valence-corrected chi connectivity index (χ3v) is 6.31. The number of aliphatic hydroxyl groups excluding tert-OH is 1. The number of rotatable bonds is 6. The Labute approximate surface area is 205 Å². The molecule has 0 radical (unpaired) electrons. The van der Waals surface area contributed by atoms with Gasteiger partial charge in [-0.1, -0.05) is 59.7 Å². The lowest BCUT2D eigenvalue weighted by molar-refractivity contribution is -0.140. The van der Waals surface area contributed by atoms with Gasteiger partial charge in [-0.3, -0.25) is 9.59 Å². The lowest BCUT2D eigenvalue weighted by Crippen LogP contribution is -2.29. The molecule has 0 spiro atoms. The summed E-state index contributed by atoms with van der Waals surface area (Å²) >= 11 is 0. The van der Waals surface area contributed by atoms with E-state index in [1.54, 1.807) is 31.2 Å². The molecule has 1 unspecified atom stereocenters. The minimum Gasteiger partial charge on any atom is -0.507 e. The Hall–Kier alpha value is -4.06. The number of Topliss-reactive ketones (excluding diaryl/α,β-unsaturated/α-hetero) is 1. The summed E-state index contributed by atoms with van der Waals surface area (Å²) in [6, 6.07) is 17.0. The van der Waals surface area contributed by atoms with Gasteiger partial charge in [0.1, 0.15) is 5.76 Å². The zero-order valence-corrected chi connectivity index (χ0v) is 20.3. The normalized spacial score (nSPS) is 17.1. The van der Waals surface area contributed by atoms with Crippen molar-refractivity contribution in [2.45, 2.75) is 40.3 Å². The summed E-state index contributed by atoms with van der Waals surface area (Å²) < 4.78 is 5.56. The standard InChI is InChI=1S/C29H29NO5/c1-5-35-24-15-21(12-13-23(24)31)26-25(27(32)20-10-7-17(2)8-11-20)28(33)29(34)30(26)16-22-14-18(3)6-9-19(22)4/h6-15,26,31-32H,5,16H2,1-4H3/b27-25-. The van der Waals surface area contributed by atoms with E-state index in [2.05, 4.69) is 0 Å². The Kier molecular flexibility index (Phi) is 6.65. The molecule has 3 aromatic rings. The number of benzene rings is 3. The first-order valence-corrected chi connectivity index (χ1v) is 11.6. The highest BCUT2D eigenvalue weighted by molar-refractivity contribution is 6.46. The molecule has 6 nitrogen and oxygen atoms in total. The van der Waals surface area contributed by atoms with Crippen LogP contribution >= 0.6 is 0 Å². The molecule has 1 aliphatic rings. The highest BCUT2D eigenvalue weighted by atomic mass is 16.5. The molecule has 1 atom stereocenters. The van der Waals surface area contributed by atoms with Gasteiger partial charge in [-0.05, 0) is 56.5 Å². The highest BCUT2D eigenvalue weighted by Crippen LogP contribution is 2.42. The van der Waals surface area contributed by atoms with Crippen LogP contribution < -0.4 is 4.74 Å². The molecule has 180 valence electrons. The van der Waals surface area contributed by atoms with Gasteiger partial charge in [-0.15, -0.1) is 0 Å². The van der Waals surface area contributed by atoms with Gasteiger partial charge in [0, 0.05) is 12.1 Å². The molecule has 1 amide bonds. The van der Waals surface area contributed by atoms with Gasteiger partial charge in [0.05, 0.1) is 18.2 Å². The first kappa shape index (κ1) is 24.1. The molecule has 0 aromatic heterocycles. The second kappa shape index (κ2) is 9.66. The Morgan fingerprint density at radius 2 is 1.63 bits per heavy atom. The zero-order valence-electron chi connectivity index (χ0n) is 20.3. The molecule has 0 aliphatic carbocycles. The van der Waals surface area contributed by atoms with E-state index >= 15 is 0 Å². The molecule has 6 heteroatoms. The monoisotopic (exact) mass is 471 g/mol. The molecule has 1 heterocycles. The molecule has 1 aliphatic heterocycles. The van der Waals surface area contributed by atoms with Crippen molar-refractivity contribution in [2.24, 2.45) is 0 Å². The van der Waals surface area contributed by atoms with E-state index in [1.165, 1.54) is 11.0 Å². The fourth-order valence-corrected chi connectivity index (χ4v) is 4.38. The highest BCUT2D eigenvalue weighted by Gasteiger charge is 2.46. The topological polar surface area (TPSA) is 87.1 Å². The number of phenols is 1. The van der Waals surface area contributed by atoms with Gasteiger partial charge in [0.25, 0.3) is 11.7 Å². The predicted molar refractivity (Wildman–Crippen MR) is 134 cm³/mol. The minimum absolute atomic E-state index is 0.0114. The summed E-state index contributed by atoms with van der Waals surface area (Å²) in [7, 11) is 0. The van der Waals surface area contributed by atoms with E-state index in [4.69, 9.17) is 4.74 Å². The molecule has 0 bridgehead atoms. The van der Waals surface area contributed by atoms with E-state index in [0.29, 0.717) is 17.7 Å². The van der Waals surface area contributed by atoms with Gasteiger partial charge in [-0.25, -0.2) is 0 Å². The number of aromatic hydroxyl groups is 1. The number of hydrogen-bond donors (Lipinski definition) is 2. The van der Waals surface area contributed by atoms with E-state index in [0.717, 1.165) is 22.3 Å². The number of likely N-dealkylation sites (tertiary alicyclic amines) is 1. The van der Waals surface area contributed by atoms with Crippen molar-refractivity contribution in [3.05, 3.63) is 99.6 Å². The maximum absolute atomic E-state index is 13.3. The van der Waals surface area contributed by atoms with Crippen molar-refractivity contribution in [1.29, 1.82) is 0 Å². The van der Waals surface area contributed by atoms with Crippen LogP contribution in [0.1, 0.15) is 46.3 Å². The van der Waals surface area contributed by atoms with Gasteiger partial charge >= 0.3 is 0 Å². The number of nitrogens with zero attached hydrogens (tertiary/aromatic N) is 1. The van der Waals surface area contributed by atoms with Gasteiger partial charge in [0.15, 0.2) is 11.5 Å². The molecular formula is C29H29NO5. The number of aliphatic hydroxyl groups is 1. The first-order valence-electron chi connectivity index (χ1n) is 11.6. The van der Waals surface area contributed by atoms with Crippen molar-refractivity contribution in [2.75, 3.05) is 6.61 Å². The lowest BCUT2D eigenvalue weighted by Gasteiger charge is -2.26. The van der Waals surface area contributed by atoms with Crippen LogP contribution in [0.5, 0.6) is 11.5 Å². The van der Waals surface area contributed by atoms with Crippen molar-refractivity contribution in [1.82, 2.24) is 4.90 Å². The minimum atomic E-state index is -0.851. The van der Waals surface area contributed by atoms with Crippen LogP contribution in [0.25, 0.3) is 5.76 Å². The quantitative estimate of drug-likeness (QED) is 0.288. The maximum Gasteiger partial charge on any atom is 0.295 e. The Balaban J connectivity index is 1.90. The second-order valence-electron chi connectivity index (χ2n) is 8.88. The number of aryl methyl sites for hydroxylation is 3. The van der Waals surface area contributed by atoms with Crippen LogP contribution in [-0.2, 0) is 16.1 Å². The number of hydrogen-bond acceptors (Lipinski definition) is 5. The average molecular weight is 472 g/mol. The number of ether oxygens (including phenoxy) is 1. The average Bonchev–Trinajstić information content (AvgIpc) is 3.08. The van der Waals surface area contributed by atoms with Crippen LogP contribution in [0.4, 0.5) is 0 Å². The number of amides is 1. The summed E-state index contributed by atoms with van der Waals surface area (Å²) in [5.74, 6) is -1.46. The molecule has 3 aromatic carbocycles. The van der Waals surface area contributed by atoms with Crippen LogP contribution in [0.2, 0.25) is 0 Å². The fourth-order valence-electron chi connectivity index (χ4n) is 4.38. The smallest absolute Gasteiger partial charge is 0.295 e. The lowest BCUT2D eigenvalue weighted by atomic mass is 9.94. The Morgan fingerprint density at radius 3 is 2.31 bits per heavy atom. The van der Waals surface area contributed by atoms with Crippen LogP contribution in [0.15, 0.2) is 66.2 Å². The molecule has 0 saturated carbocycles. The van der Waals surface area contributed by atoms with Crippen molar-refractivity contribution in [3.63, 3.8) is 0 Å². The summed E-state index contributed by atoms with van der Waals surface area (Å²) in [5, 5.41) is 21.5. The number of ketones is 1. The molecule has 1 fully saturated rings. The van der Waals surface area contributed by atoms with Gasteiger partial charge < -0.3 is 19.8 Å². The molecule has 4 rings (SSSR count). The van der Waals surface area contributed by atoms with Crippen LogP contribution in [-0.4, -0.2) is 33.4 Å². The summed E-state index contributed by atoms with van der Waals surface area (Å²) in [6.07, 6.45) is 0. The van der Waals surface area contributed by atoms with E-state index < -0.39 is 17.7 Å². The third-order valence-electron chi connectivity index (χ3n) is 6.31. The SMILES string of the molecule is CCOc1cc(C2/C(=C(/O)c3ccc(C)cc3)C(=O)C(=O)N2Cc2cc(C)ccc2C)ccc1O. The second-order valence-corrected chi connectivity index (χ2v) is 8.88. The zero-order chi connectivity index (χ0) is 25.3.